The van der Waals surface area contributed by atoms with E-state index in [4.69, 9.17) is 0 Å². The Balaban J connectivity index is 2.74. The summed E-state index contributed by atoms with van der Waals surface area (Å²) >= 11 is 0. The van der Waals surface area contributed by atoms with Crippen LogP contribution in [0.4, 0.5) is 4.79 Å². The predicted octanol–water partition coefficient (Wildman–Crippen LogP) is 2.66. The number of amides is 2. The fraction of sp³-hybridized carbons (Fsp3) is 0.867. The first-order chi connectivity index (χ1) is 9.34. The summed E-state index contributed by atoms with van der Waals surface area (Å²) in [6, 6.07) is 0.0558. The normalized spacial score (nSPS) is 19.8. The second-order valence-electron chi connectivity index (χ2n) is 6.17. The smallest absolute Gasteiger partial charge is 0.319 e. The molecule has 5 heteroatoms. The third-order valence-electron chi connectivity index (χ3n) is 4.41. The Labute approximate surface area is 121 Å². The number of hydrogen-bond acceptors (Lipinski definition) is 2. The lowest BCUT2D eigenvalue weighted by Crippen LogP contribution is -2.51. The van der Waals surface area contributed by atoms with Gasteiger partial charge < -0.3 is 14.9 Å². The summed E-state index contributed by atoms with van der Waals surface area (Å²) in [5.41, 5.74) is -0.777. The molecule has 116 valence electrons. The Morgan fingerprint density at radius 2 is 2.00 bits per heavy atom. The summed E-state index contributed by atoms with van der Waals surface area (Å²) in [7, 11) is 0. The maximum Gasteiger partial charge on any atom is 0.319 e. The van der Waals surface area contributed by atoms with Crippen molar-refractivity contribution in [3.05, 3.63) is 0 Å². The average molecular weight is 284 g/mol. The van der Waals surface area contributed by atoms with Crippen molar-refractivity contribution < 1.29 is 14.7 Å². The van der Waals surface area contributed by atoms with Gasteiger partial charge in [-0.15, -0.1) is 0 Å². The molecular weight excluding hydrogens is 256 g/mol. The van der Waals surface area contributed by atoms with Crippen LogP contribution in [-0.2, 0) is 4.79 Å². The van der Waals surface area contributed by atoms with E-state index in [2.05, 4.69) is 6.92 Å². The average Bonchev–Trinajstić information content (AvgIpc) is 2.44. The van der Waals surface area contributed by atoms with Gasteiger partial charge in [-0.25, -0.2) is 4.79 Å². The summed E-state index contributed by atoms with van der Waals surface area (Å²) in [6.07, 6.45) is 2.71. The Kier molecular flexibility index (Phi) is 5.84. The molecule has 1 aliphatic rings. The molecule has 0 aromatic heterocycles. The Bertz CT molecular complexity index is 355. The van der Waals surface area contributed by atoms with Gasteiger partial charge in [-0.1, -0.05) is 6.92 Å². The Morgan fingerprint density at radius 1 is 1.35 bits per heavy atom. The van der Waals surface area contributed by atoms with E-state index >= 15 is 0 Å². The van der Waals surface area contributed by atoms with Gasteiger partial charge in [-0.2, -0.15) is 0 Å². The molecule has 0 spiro atoms. The predicted molar refractivity (Wildman–Crippen MR) is 78.6 cm³/mol. The molecule has 1 fully saturated rings. The van der Waals surface area contributed by atoms with E-state index in [1.54, 1.807) is 13.8 Å². The minimum Gasteiger partial charge on any atom is -0.481 e. The van der Waals surface area contributed by atoms with E-state index in [9.17, 15) is 14.7 Å². The highest BCUT2D eigenvalue weighted by Crippen LogP contribution is 2.34. The van der Waals surface area contributed by atoms with Gasteiger partial charge in [0.25, 0.3) is 0 Å². The van der Waals surface area contributed by atoms with Crippen LogP contribution in [0.3, 0.4) is 0 Å². The van der Waals surface area contributed by atoms with Gasteiger partial charge in [0.05, 0.1) is 5.41 Å². The summed E-state index contributed by atoms with van der Waals surface area (Å²) in [5, 5.41) is 9.34. The van der Waals surface area contributed by atoms with Gasteiger partial charge in [0, 0.05) is 26.2 Å². The van der Waals surface area contributed by atoms with Crippen LogP contribution in [0, 0.1) is 11.3 Å². The molecule has 1 N–H and O–H groups in total. The molecule has 0 radical (unpaired) electrons. The van der Waals surface area contributed by atoms with Crippen molar-refractivity contribution in [2.75, 3.05) is 26.2 Å². The number of carbonyl (C=O) groups excluding carboxylic acids is 1. The number of aliphatic carboxylic acids is 1. The molecule has 1 rings (SSSR count). The second-order valence-corrected chi connectivity index (χ2v) is 6.17. The highest BCUT2D eigenvalue weighted by molar-refractivity contribution is 5.76. The minimum absolute atomic E-state index is 0.0260. The van der Waals surface area contributed by atoms with E-state index < -0.39 is 11.4 Å². The first kappa shape index (κ1) is 16.8. The van der Waals surface area contributed by atoms with Gasteiger partial charge >= 0.3 is 12.0 Å². The van der Waals surface area contributed by atoms with Crippen molar-refractivity contribution in [3.63, 3.8) is 0 Å². The molecule has 0 saturated carbocycles. The molecule has 1 aliphatic heterocycles. The molecule has 1 saturated heterocycles. The van der Waals surface area contributed by atoms with Crippen molar-refractivity contribution >= 4 is 12.0 Å². The van der Waals surface area contributed by atoms with Crippen LogP contribution < -0.4 is 0 Å². The summed E-state index contributed by atoms with van der Waals surface area (Å²) in [4.78, 5) is 27.5. The highest BCUT2D eigenvalue weighted by Gasteiger charge is 2.40. The lowest BCUT2D eigenvalue weighted by Gasteiger charge is -2.40. The topological polar surface area (TPSA) is 60.9 Å². The molecule has 2 amide bonds. The zero-order valence-electron chi connectivity index (χ0n) is 13.2. The number of rotatable bonds is 5. The first-order valence-corrected chi connectivity index (χ1v) is 7.61. The van der Waals surface area contributed by atoms with Crippen LogP contribution in [0.1, 0.15) is 47.0 Å². The van der Waals surface area contributed by atoms with E-state index in [1.165, 1.54) is 0 Å². The minimum atomic E-state index is -0.780. The van der Waals surface area contributed by atoms with E-state index in [0.29, 0.717) is 13.1 Å². The van der Waals surface area contributed by atoms with Crippen molar-refractivity contribution in [2.24, 2.45) is 11.3 Å². The van der Waals surface area contributed by atoms with Crippen LogP contribution in [-0.4, -0.2) is 53.1 Å². The number of carboxylic acids is 1. The van der Waals surface area contributed by atoms with Crippen LogP contribution in [0.2, 0.25) is 0 Å². The fourth-order valence-corrected chi connectivity index (χ4v) is 2.77. The van der Waals surface area contributed by atoms with Crippen molar-refractivity contribution in [1.29, 1.82) is 0 Å². The van der Waals surface area contributed by atoms with Crippen LogP contribution in [0.5, 0.6) is 0 Å². The van der Waals surface area contributed by atoms with E-state index in [1.807, 2.05) is 16.7 Å². The first-order valence-electron chi connectivity index (χ1n) is 7.61. The second kappa shape index (κ2) is 6.95. The lowest BCUT2D eigenvalue weighted by molar-refractivity contribution is -0.151. The molecule has 1 unspecified atom stereocenters. The highest BCUT2D eigenvalue weighted by atomic mass is 16.4. The van der Waals surface area contributed by atoms with Crippen LogP contribution >= 0.6 is 0 Å². The van der Waals surface area contributed by atoms with Crippen LogP contribution in [0.15, 0.2) is 0 Å². The summed E-state index contributed by atoms with van der Waals surface area (Å²) in [5.74, 6) is -0.754. The molecule has 5 nitrogen and oxygen atoms in total. The fourth-order valence-electron chi connectivity index (χ4n) is 2.77. The molecule has 0 aromatic rings. The monoisotopic (exact) mass is 284 g/mol. The van der Waals surface area contributed by atoms with Gasteiger partial charge in [0.2, 0.25) is 0 Å². The number of urea groups is 1. The number of nitrogens with zero attached hydrogens (tertiary/aromatic N) is 2. The van der Waals surface area contributed by atoms with Gasteiger partial charge in [0.1, 0.15) is 0 Å². The van der Waals surface area contributed by atoms with Crippen LogP contribution in [0.25, 0.3) is 0 Å². The standard InChI is InChI=1S/C15H28N2O3/c1-5-9-16(6-2)14(20)17-10-7-8-12(11-17)15(3,4)13(18)19/h12H,5-11H2,1-4H3,(H,18,19). The SMILES string of the molecule is CCCN(CC)C(=O)N1CCCC(C(C)(C)C(=O)O)C1. The molecule has 0 aromatic carbocycles. The Morgan fingerprint density at radius 3 is 2.50 bits per heavy atom. The Hall–Kier alpha value is -1.26. The van der Waals surface area contributed by atoms with Gasteiger partial charge in [-0.05, 0) is 46.0 Å². The number of hydrogen-bond donors (Lipinski definition) is 1. The van der Waals surface area contributed by atoms with Crippen molar-refractivity contribution in [2.45, 2.75) is 47.0 Å². The molecule has 0 bridgehead atoms. The molecule has 1 atom stereocenters. The van der Waals surface area contributed by atoms with Crippen molar-refractivity contribution in [1.82, 2.24) is 9.80 Å². The number of piperidine rings is 1. The third-order valence-corrected chi connectivity index (χ3v) is 4.41. The maximum absolute atomic E-state index is 12.5. The number of likely N-dealkylation sites (tertiary alicyclic amines) is 1. The maximum atomic E-state index is 12.5. The van der Waals surface area contributed by atoms with Gasteiger partial charge in [0.15, 0.2) is 0 Å². The van der Waals surface area contributed by atoms with E-state index in [-0.39, 0.29) is 11.9 Å². The summed E-state index contributed by atoms with van der Waals surface area (Å²) in [6.45, 7) is 10.3. The van der Waals surface area contributed by atoms with Gasteiger partial charge in [-0.3, -0.25) is 4.79 Å². The molecule has 0 aliphatic carbocycles. The zero-order chi connectivity index (χ0) is 15.3. The largest absolute Gasteiger partial charge is 0.481 e. The molecule has 1 heterocycles. The lowest BCUT2D eigenvalue weighted by atomic mass is 9.74. The zero-order valence-corrected chi connectivity index (χ0v) is 13.2. The van der Waals surface area contributed by atoms with Crippen molar-refractivity contribution in [3.8, 4) is 0 Å². The third kappa shape index (κ3) is 3.64. The number of carbonyl (C=O) groups is 2. The molecular formula is C15H28N2O3. The quantitative estimate of drug-likeness (QED) is 0.844. The molecule has 20 heavy (non-hydrogen) atoms. The van der Waals surface area contributed by atoms with E-state index in [0.717, 1.165) is 32.4 Å². The number of carboxylic acid groups (broad SMARTS) is 1. The summed E-state index contributed by atoms with van der Waals surface area (Å²) < 4.78 is 0.